The highest BCUT2D eigenvalue weighted by Gasteiger charge is 2.05. The highest BCUT2D eigenvalue weighted by molar-refractivity contribution is 5.55. The van der Waals surface area contributed by atoms with E-state index in [2.05, 4.69) is 36.5 Å². The molecule has 0 heterocycles. The zero-order valence-corrected chi connectivity index (χ0v) is 12.3. The molecule has 0 unspecified atom stereocenters. The van der Waals surface area contributed by atoms with Crippen molar-refractivity contribution in [2.24, 2.45) is 0 Å². The van der Waals surface area contributed by atoms with Crippen molar-refractivity contribution in [3.8, 4) is 11.5 Å². The molecule has 0 atom stereocenters. The minimum absolute atomic E-state index is 0.737. The summed E-state index contributed by atoms with van der Waals surface area (Å²) >= 11 is 0. The van der Waals surface area contributed by atoms with E-state index in [1.807, 2.05) is 18.2 Å². The predicted molar refractivity (Wildman–Crippen MR) is 82.7 cm³/mol. The summed E-state index contributed by atoms with van der Waals surface area (Å²) in [4.78, 5) is 0. The fourth-order valence-corrected chi connectivity index (χ4v) is 2.22. The smallest absolute Gasteiger partial charge is 0.162 e. The van der Waals surface area contributed by atoms with Gasteiger partial charge in [-0.1, -0.05) is 31.2 Å². The molecule has 0 saturated heterocycles. The molecule has 0 bridgehead atoms. The van der Waals surface area contributed by atoms with Crippen LogP contribution in [-0.4, -0.2) is 14.2 Å². The molecule has 0 fully saturated rings. The summed E-state index contributed by atoms with van der Waals surface area (Å²) in [5.74, 6) is 1.48. The normalized spacial score (nSPS) is 10.2. The van der Waals surface area contributed by atoms with Gasteiger partial charge >= 0.3 is 0 Å². The SMILES string of the molecule is CCc1ccccc1CNc1ccc(OC)c(OC)c1. The highest BCUT2D eigenvalue weighted by atomic mass is 16.5. The molecule has 106 valence electrons. The van der Waals surface area contributed by atoms with Crippen molar-refractivity contribution in [1.82, 2.24) is 0 Å². The zero-order chi connectivity index (χ0) is 14.4. The third-order valence-corrected chi connectivity index (χ3v) is 3.37. The predicted octanol–water partition coefficient (Wildman–Crippen LogP) is 3.88. The summed E-state index contributed by atoms with van der Waals surface area (Å²) in [5.41, 5.74) is 3.72. The van der Waals surface area contributed by atoms with E-state index in [1.165, 1.54) is 11.1 Å². The molecular formula is C17H21NO2. The van der Waals surface area contributed by atoms with Crippen LogP contribution < -0.4 is 14.8 Å². The molecule has 0 aromatic heterocycles. The summed E-state index contributed by atoms with van der Waals surface area (Å²) in [6, 6.07) is 14.3. The van der Waals surface area contributed by atoms with Crippen molar-refractivity contribution in [3.63, 3.8) is 0 Å². The van der Waals surface area contributed by atoms with Crippen molar-refractivity contribution >= 4 is 5.69 Å². The maximum atomic E-state index is 5.31. The molecule has 20 heavy (non-hydrogen) atoms. The van der Waals surface area contributed by atoms with Gasteiger partial charge in [0.25, 0.3) is 0 Å². The van der Waals surface area contributed by atoms with Gasteiger partial charge in [-0.05, 0) is 29.7 Å². The molecule has 0 aliphatic carbocycles. The second-order valence-electron chi connectivity index (χ2n) is 4.55. The number of nitrogens with one attached hydrogen (secondary N) is 1. The second kappa shape index (κ2) is 6.85. The van der Waals surface area contributed by atoms with E-state index in [9.17, 15) is 0 Å². The van der Waals surface area contributed by atoms with Gasteiger partial charge in [-0.25, -0.2) is 0 Å². The fourth-order valence-electron chi connectivity index (χ4n) is 2.22. The van der Waals surface area contributed by atoms with Gasteiger partial charge in [0.1, 0.15) is 0 Å². The zero-order valence-electron chi connectivity index (χ0n) is 12.3. The molecule has 3 nitrogen and oxygen atoms in total. The van der Waals surface area contributed by atoms with Gasteiger partial charge in [0.05, 0.1) is 14.2 Å². The van der Waals surface area contributed by atoms with Crippen LogP contribution in [0.3, 0.4) is 0 Å². The number of benzene rings is 2. The van der Waals surface area contributed by atoms with Gasteiger partial charge in [-0.3, -0.25) is 0 Å². The Hall–Kier alpha value is -2.16. The van der Waals surface area contributed by atoms with Crippen molar-refractivity contribution < 1.29 is 9.47 Å². The monoisotopic (exact) mass is 271 g/mol. The Morgan fingerprint density at radius 1 is 0.900 bits per heavy atom. The Bertz CT molecular complexity index is 567. The summed E-state index contributed by atoms with van der Waals surface area (Å²) in [6.45, 7) is 2.98. The van der Waals surface area contributed by atoms with Crippen molar-refractivity contribution in [1.29, 1.82) is 0 Å². The standard InChI is InChI=1S/C17H21NO2/c1-4-13-7-5-6-8-14(13)12-18-15-9-10-16(19-2)17(11-15)20-3/h5-11,18H,4,12H2,1-3H3. The first-order chi connectivity index (χ1) is 9.78. The van der Waals surface area contributed by atoms with Crippen LogP contribution in [0.5, 0.6) is 11.5 Å². The first kappa shape index (κ1) is 14.3. The molecule has 0 saturated carbocycles. The molecule has 1 N–H and O–H groups in total. The lowest BCUT2D eigenvalue weighted by molar-refractivity contribution is 0.355. The van der Waals surface area contributed by atoms with Crippen molar-refractivity contribution in [2.45, 2.75) is 19.9 Å². The average molecular weight is 271 g/mol. The Balaban J connectivity index is 2.11. The molecule has 0 aliphatic heterocycles. The fraction of sp³-hybridized carbons (Fsp3) is 0.294. The third kappa shape index (κ3) is 3.23. The van der Waals surface area contributed by atoms with E-state index in [1.54, 1.807) is 14.2 Å². The summed E-state index contributed by atoms with van der Waals surface area (Å²) < 4.78 is 10.5. The number of ether oxygens (including phenoxy) is 2. The van der Waals surface area contributed by atoms with Gasteiger partial charge in [-0.2, -0.15) is 0 Å². The lowest BCUT2D eigenvalue weighted by Crippen LogP contribution is -2.03. The van der Waals surface area contributed by atoms with Crippen LogP contribution in [-0.2, 0) is 13.0 Å². The first-order valence-corrected chi connectivity index (χ1v) is 6.81. The number of anilines is 1. The van der Waals surface area contributed by atoms with Crippen LogP contribution >= 0.6 is 0 Å². The molecule has 0 radical (unpaired) electrons. The number of hydrogen-bond donors (Lipinski definition) is 1. The van der Waals surface area contributed by atoms with Crippen LogP contribution in [0.25, 0.3) is 0 Å². The van der Waals surface area contributed by atoms with E-state index >= 15 is 0 Å². The van der Waals surface area contributed by atoms with Gasteiger partial charge in [0.15, 0.2) is 11.5 Å². The van der Waals surface area contributed by atoms with Crippen molar-refractivity contribution in [2.75, 3.05) is 19.5 Å². The quantitative estimate of drug-likeness (QED) is 0.865. The lowest BCUT2D eigenvalue weighted by Gasteiger charge is -2.13. The number of hydrogen-bond acceptors (Lipinski definition) is 3. The molecule has 0 aliphatic rings. The third-order valence-electron chi connectivity index (χ3n) is 3.37. The highest BCUT2D eigenvalue weighted by Crippen LogP contribution is 2.30. The Morgan fingerprint density at radius 3 is 2.25 bits per heavy atom. The van der Waals surface area contributed by atoms with Crippen molar-refractivity contribution in [3.05, 3.63) is 53.6 Å². The van der Waals surface area contributed by atoms with E-state index in [0.29, 0.717) is 0 Å². The average Bonchev–Trinajstić information content (AvgIpc) is 2.52. The minimum Gasteiger partial charge on any atom is -0.493 e. The maximum Gasteiger partial charge on any atom is 0.162 e. The molecular weight excluding hydrogens is 250 g/mol. The van der Waals surface area contributed by atoms with Gasteiger partial charge < -0.3 is 14.8 Å². The van der Waals surface area contributed by atoms with E-state index < -0.39 is 0 Å². The maximum absolute atomic E-state index is 5.31. The lowest BCUT2D eigenvalue weighted by atomic mass is 10.1. The van der Waals surface area contributed by atoms with Gasteiger partial charge in [0, 0.05) is 18.3 Å². The largest absolute Gasteiger partial charge is 0.493 e. The van der Waals surface area contributed by atoms with Crippen LogP contribution in [0.1, 0.15) is 18.1 Å². The van der Waals surface area contributed by atoms with E-state index in [0.717, 1.165) is 30.2 Å². The van der Waals surface area contributed by atoms with Crippen LogP contribution in [0.2, 0.25) is 0 Å². The molecule has 2 aromatic rings. The van der Waals surface area contributed by atoms with Gasteiger partial charge in [0.2, 0.25) is 0 Å². The summed E-state index contributed by atoms with van der Waals surface area (Å²) in [5, 5.41) is 3.43. The first-order valence-electron chi connectivity index (χ1n) is 6.81. The number of aryl methyl sites for hydroxylation is 1. The minimum atomic E-state index is 0.737. The van der Waals surface area contributed by atoms with E-state index in [4.69, 9.17) is 9.47 Å². The number of rotatable bonds is 6. The van der Waals surface area contributed by atoms with Crippen LogP contribution in [0, 0.1) is 0 Å². The topological polar surface area (TPSA) is 30.5 Å². The van der Waals surface area contributed by atoms with E-state index in [-0.39, 0.29) is 0 Å². The molecule has 2 rings (SSSR count). The van der Waals surface area contributed by atoms with Gasteiger partial charge in [-0.15, -0.1) is 0 Å². The second-order valence-corrected chi connectivity index (χ2v) is 4.55. The van der Waals surface area contributed by atoms with Crippen LogP contribution in [0.4, 0.5) is 5.69 Å². The molecule has 0 amide bonds. The Kier molecular flexibility index (Phi) is 4.88. The Morgan fingerprint density at radius 2 is 1.60 bits per heavy atom. The number of methoxy groups -OCH3 is 2. The molecule has 3 heteroatoms. The molecule has 0 spiro atoms. The molecule has 2 aromatic carbocycles. The summed E-state index contributed by atoms with van der Waals surface area (Å²) in [7, 11) is 3.29. The summed E-state index contributed by atoms with van der Waals surface area (Å²) in [6.07, 6.45) is 1.05. The Labute approximate surface area is 120 Å². The van der Waals surface area contributed by atoms with Crippen LogP contribution in [0.15, 0.2) is 42.5 Å².